The molecule has 1 aromatic carbocycles. The van der Waals surface area contributed by atoms with Gasteiger partial charge in [0.05, 0.1) is 0 Å². The van der Waals surface area contributed by atoms with Gasteiger partial charge in [0.15, 0.2) is 11.5 Å². The molecule has 4 aliphatic rings. The number of carbonyl (C=O) groups is 2. The molecule has 2 saturated carbocycles. The van der Waals surface area contributed by atoms with E-state index < -0.39 is 0 Å². The van der Waals surface area contributed by atoms with Crippen molar-refractivity contribution in [1.82, 2.24) is 9.80 Å². The van der Waals surface area contributed by atoms with Crippen molar-refractivity contribution in [3.05, 3.63) is 23.8 Å². The van der Waals surface area contributed by atoms with Crippen molar-refractivity contribution < 1.29 is 19.1 Å². The Morgan fingerprint density at radius 1 is 0.966 bits per heavy atom. The van der Waals surface area contributed by atoms with Crippen molar-refractivity contribution in [2.24, 2.45) is 11.8 Å². The maximum atomic E-state index is 12.9. The van der Waals surface area contributed by atoms with Crippen LogP contribution in [0.25, 0.3) is 0 Å². The topological polar surface area (TPSA) is 59.1 Å². The highest BCUT2D eigenvalue weighted by Gasteiger charge is 2.46. The molecule has 3 fully saturated rings. The van der Waals surface area contributed by atoms with Crippen LogP contribution in [0.15, 0.2) is 18.2 Å². The van der Waals surface area contributed by atoms with Gasteiger partial charge in [0.25, 0.3) is 0 Å². The van der Waals surface area contributed by atoms with E-state index in [1.807, 2.05) is 28.0 Å². The van der Waals surface area contributed by atoms with Crippen LogP contribution in [0.4, 0.5) is 0 Å². The van der Waals surface area contributed by atoms with Gasteiger partial charge in [-0.3, -0.25) is 9.59 Å². The summed E-state index contributed by atoms with van der Waals surface area (Å²) in [7, 11) is 0. The maximum absolute atomic E-state index is 12.9. The van der Waals surface area contributed by atoms with Crippen LogP contribution in [0.2, 0.25) is 0 Å². The number of ether oxygens (including phenoxy) is 2. The number of benzene rings is 1. The van der Waals surface area contributed by atoms with Gasteiger partial charge in [-0.25, -0.2) is 0 Å². The Bertz CT molecular complexity index is 781. The van der Waals surface area contributed by atoms with E-state index in [-0.39, 0.29) is 30.4 Å². The minimum absolute atomic E-state index is 0.0694. The third kappa shape index (κ3) is 3.94. The van der Waals surface area contributed by atoms with Crippen molar-refractivity contribution in [2.75, 3.05) is 33.0 Å². The summed E-state index contributed by atoms with van der Waals surface area (Å²) >= 11 is 0. The Labute approximate surface area is 172 Å². The Morgan fingerprint density at radius 3 is 2.48 bits per heavy atom. The molecule has 0 radical (unpaired) electrons. The second-order valence-electron chi connectivity index (χ2n) is 8.96. The third-order valence-corrected chi connectivity index (χ3v) is 7.12. The van der Waals surface area contributed by atoms with Gasteiger partial charge >= 0.3 is 0 Å². The van der Waals surface area contributed by atoms with E-state index in [0.717, 1.165) is 35.8 Å². The summed E-state index contributed by atoms with van der Waals surface area (Å²) in [6.45, 7) is 2.96. The van der Waals surface area contributed by atoms with Gasteiger partial charge in [0.2, 0.25) is 18.6 Å². The molecule has 156 valence electrons. The SMILES string of the molecule is O=C(CCC1CCCC1)N1CCN(C(=O)C2CC2c2ccc3c(c2)OCO3)CC1. The lowest BCUT2D eigenvalue weighted by Gasteiger charge is -2.35. The second-order valence-corrected chi connectivity index (χ2v) is 8.96. The number of nitrogens with zero attached hydrogens (tertiary/aromatic N) is 2. The van der Waals surface area contributed by atoms with E-state index in [1.54, 1.807) is 0 Å². The fourth-order valence-corrected chi connectivity index (χ4v) is 5.18. The maximum Gasteiger partial charge on any atom is 0.231 e. The van der Waals surface area contributed by atoms with Crippen LogP contribution in [-0.2, 0) is 9.59 Å². The van der Waals surface area contributed by atoms with E-state index in [9.17, 15) is 9.59 Å². The number of hydrogen-bond donors (Lipinski definition) is 0. The molecular weight excluding hydrogens is 368 g/mol. The van der Waals surface area contributed by atoms with Crippen LogP contribution < -0.4 is 9.47 Å². The molecule has 5 rings (SSSR count). The van der Waals surface area contributed by atoms with Crippen molar-refractivity contribution >= 4 is 11.8 Å². The van der Waals surface area contributed by atoms with Gasteiger partial charge in [0.1, 0.15) is 0 Å². The van der Waals surface area contributed by atoms with E-state index in [1.165, 1.54) is 25.7 Å². The zero-order chi connectivity index (χ0) is 19.8. The molecule has 2 atom stereocenters. The van der Waals surface area contributed by atoms with E-state index >= 15 is 0 Å². The molecule has 2 aliphatic heterocycles. The molecule has 0 N–H and O–H groups in total. The Hall–Kier alpha value is -2.24. The largest absolute Gasteiger partial charge is 0.454 e. The number of fused-ring (bicyclic) bond motifs is 1. The summed E-state index contributed by atoms with van der Waals surface area (Å²) < 4.78 is 10.8. The minimum Gasteiger partial charge on any atom is -0.454 e. The normalized spacial score (nSPS) is 26.1. The van der Waals surface area contributed by atoms with Crippen molar-refractivity contribution in [3.63, 3.8) is 0 Å². The zero-order valence-corrected chi connectivity index (χ0v) is 17.0. The van der Waals surface area contributed by atoms with Crippen molar-refractivity contribution in [2.45, 2.75) is 50.9 Å². The number of amides is 2. The lowest BCUT2D eigenvalue weighted by molar-refractivity contribution is -0.140. The average Bonchev–Trinajstić information content (AvgIpc) is 3.14. The van der Waals surface area contributed by atoms with Crippen molar-refractivity contribution in [1.29, 1.82) is 0 Å². The van der Waals surface area contributed by atoms with Gasteiger partial charge in [-0.05, 0) is 42.4 Å². The quantitative estimate of drug-likeness (QED) is 0.765. The molecule has 6 nitrogen and oxygen atoms in total. The van der Waals surface area contributed by atoms with Crippen LogP contribution in [0, 0.1) is 11.8 Å². The second kappa shape index (κ2) is 7.88. The van der Waals surface area contributed by atoms with Crippen LogP contribution in [-0.4, -0.2) is 54.6 Å². The monoisotopic (exact) mass is 398 g/mol. The predicted octanol–water partition coefficient (Wildman–Crippen LogP) is 3.16. The molecule has 2 heterocycles. The first-order chi connectivity index (χ1) is 14.2. The first-order valence-electron chi connectivity index (χ1n) is 11.1. The molecule has 6 heteroatoms. The minimum atomic E-state index is 0.0694. The number of piperazine rings is 1. The van der Waals surface area contributed by atoms with E-state index in [0.29, 0.717) is 32.6 Å². The highest BCUT2D eigenvalue weighted by molar-refractivity contribution is 5.83. The standard InChI is InChI=1S/C23H30N2O4/c26-22(8-5-16-3-1-2-4-16)24-9-11-25(12-10-24)23(27)19-14-18(19)17-6-7-20-21(13-17)29-15-28-20/h6-7,13,16,18-19H,1-5,8-12,14-15H2. The molecule has 1 saturated heterocycles. The highest BCUT2D eigenvalue weighted by atomic mass is 16.7. The summed E-state index contributed by atoms with van der Waals surface area (Å²) in [6, 6.07) is 6.00. The summed E-state index contributed by atoms with van der Waals surface area (Å²) in [5, 5.41) is 0. The molecule has 0 aromatic heterocycles. The molecule has 2 unspecified atom stereocenters. The molecule has 2 aliphatic carbocycles. The molecule has 0 bridgehead atoms. The number of rotatable bonds is 5. The number of hydrogen-bond acceptors (Lipinski definition) is 4. The van der Waals surface area contributed by atoms with Gasteiger partial charge in [-0.2, -0.15) is 0 Å². The molecule has 1 aromatic rings. The predicted molar refractivity (Wildman–Crippen MR) is 108 cm³/mol. The van der Waals surface area contributed by atoms with Gasteiger partial charge < -0.3 is 19.3 Å². The van der Waals surface area contributed by atoms with Gasteiger partial charge in [0, 0.05) is 38.5 Å². The van der Waals surface area contributed by atoms with E-state index in [4.69, 9.17) is 9.47 Å². The van der Waals surface area contributed by atoms with Crippen LogP contribution in [0.5, 0.6) is 11.5 Å². The van der Waals surface area contributed by atoms with Crippen LogP contribution in [0.1, 0.15) is 56.4 Å². The lowest BCUT2D eigenvalue weighted by atomic mass is 10.0. The Morgan fingerprint density at radius 2 is 1.69 bits per heavy atom. The molecule has 0 spiro atoms. The summed E-state index contributed by atoms with van der Waals surface area (Å²) in [6.07, 6.45) is 7.86. The fraction of sp³-hybridized carbons (Fsp3) is 0.652. The van der Waals surface area contributed by atoms with E-state index in [2.05, 4.69) is 0 Å². The van der Waals surface area contributed by atoms with Crippen LogP contribution in [0.3, 0.4) is 0 Å². The summed E-state index contributed by atoms with van der Waals surface area (Å²) in [5.74, 6) is 3.18. The highest BCUT2D eigenvalue weighted by Crippen LogP contribution is 2.50. The van der Waals surface area contributed by atoms with Gasteiger partial charge in [-0.15, -0.1) is 0 Å². The van der Waals surface area contributed by atoms with Crippen molar-refractivity contribution in [3.8, 4) is 11.5 Å². The molecule has 2 amide bonds. The first-order valence-corrected chi connectivity index (χ1v) is 11.1. The smallest absolute Gasteiger partial charge is 0.231 e. The zero-order valence-electron chi connectivity index (χ0n) is 17.0. The third-order valence-electron chi connectivity index (χ3n) is 7.12. The van der Waals surface area contributed by atoms with Crippen LogP contribution >= 0.6 is 0 Å². The summed E-state index contributed by atoms with van der Waals surface area (Å²) in [4.78, 5) is 29.3. The first kappa shape index (κ1) is 18.8. The lowest BCUT2D eigenvalue weighted by Crippen LogP contribution is -2.51. The fourth-order valence-electron chi connectivity index (χ4n) is 5.18. The van der Waals surface area contributed by atoms with Gasteiger partial charge in [-0.1, -0.05) is 31.7 Å². The Kier molecular flexibility index (Phi) is 5.10. The summed E-state index contributed by atoms with van der Waals surface area (Å²) in [5.41, 5.74) is 1.16. The molecule has 29 heavy (non-hydrogen) atoms. The Balaban J connectivity index is 1.09. The number of carbonyl (C=O) groups excluding carboxylic acids is 2. The average molecular weight is 399 g/mol. The molecular formula is C23H30N2O4.